The van der Waals surface area contributed by atoms with Crippen LogP contribution in [0.2, 0.25) is 0 Å². The van der Waals surface area contributed by atoms with Gasteiger partial charge in [-0.3, -0.25) is 0 Å². The van der Waals surface area contributed by atoms with Gasteiger partial charge >= 0.3 is 0 Å². The van der Waals surface area contributed by atoms with Crippen molar-refractivity contribution in [3.05, 3.63) is 35.4 Å². The lowest BCUT2D eigenvalue weighted by Gasteiger charge is -2.46. The fourth-order valence-corrected chi connectivity index (χ4v) is 4.31. The van der Waals surface area contributed by atoms with Gasteiger partial charge in [-0.1, -0.05) is 45.0 Å². The van der Waals surface area contributed by atoms with E-state index in [0.29, 0.717) is 16.9 Å². The predicted octanol–water partition coefficient (Wildman–Crippen LogP) is 3.77. The van der Waals surface area contributed by atoms with Crippen LogP contribution in [-0.2, 0) is 10.8 Å². The van der Waals surface area contributed by atoms with E-state index in [1.807, 2.05) is 0 Å². The molecular formula is C17H25N. The molecule has 1 heteroatoms. The van der Waals surface area contributed by atoms with Gasteiger partial charge in [-0.05, 0) is 48.8 Å². The van der Waals surface area contributed by atoms with Gasteiger partial charge in [-0.25, -0.2) is 0 Å². The minimum absolute atomic E-state index is 0.350. The smallest absolute Gasteiger partial charge is 0.0162 e. The highest BCUT2D eigenvalue weighted by Crippen LogP contribution is 2.51. The molecule has 18 heavy (non-hydrogen) atoms. The molecule has 1 aliphatic carbocycles. The fraction of sp³-hybridized carbons (Fsp3) is 0.647. The second kappa shape index (κ2) is 4.09. The Labute approximate surface area is 111 Å². The monoisotopic (exact) mass is 243 g/mol. The fourth-order valence-electron chi connectivity index (χ4n) is 4.31. The van der Waals surface area contributed by atoms with Gasteiger partial charge < -0.3 is 5.32 Å². The maximum absolute atomic E-state index is 3.74. The summed E-state index contributed by atoms with van der Waals surface area (Å²) in [6.45, 7) is 8.32. The van der Waals surface area contributed by atoms with Crippen LogP contribution in [0.1, 0.15) is 57.6 Å². The molecule has 0 saturated carbocycles. The first-order valence-electron chi connectivity index (χ1n) is 7.43. The highest BCUT2D eigenvalue weighted by Gasteiger charge is 2.48. The minimum Gasteiger partial charge on any atom is -0.313 e. The Balaban J connectivity index is 2.15. The minimum atomic E-state index is 0.350. The summed E-state index contributed by atoms with van der Waals surface area (Å²) in [7, 11) is 0. The molecule has 1 spiro atoms. The Morgan fingerprint density at radius 3 is 2.56 bits per heavy atom. The number of fused-ring (bicyclic) bond motifs is 2. The quantitative estimate of drug-likeness (QED) is 0.791. The Morgan fingerprint density at radius 2 is 1.83 bits per heavy atom. The number of nitrogens with one attached hydrogen (secondary N) is 1. The summed E-state index contributed by atoms with van der Waals surface area (Å²) < 4.78 is 0. The summed E-state index contributed by atoms with van der Waals surface area (Å²) in [6.07, 6.45) is 5.23. The predicted molar refractivity (Wildman–Crippen MR) is 77.1 cm³/mol. The van der Waals surface area contributed by atoms with E-state index in [4.69, 9.17) is 0 Å². The van der Waals surface area contributed by atoms with Crippen LogP contribution >= 0.6 is 0 Å². The van der Waals surface area contributed by atoms with Crippen molar-refractivity contribution in [3.8, 4) is 0 Å². The van der Waals surface area contributed by atoms with E-state index in [-0.39, 0.29) is 0 Å². The molecule has 2 unspecified atom stereocenters. The molecule has 98 valence electrons. The van der Waals surface area contributed by atoms with Crippen LogP contribution in [0.4, 0.5) is 0 Å². The standard InChI is InChI=1S/C17H25N/c1-4-15-17(11-12-18-15)10-9-16(2,3)13-7-5-6-8-14(13)17/h5-8,15,18H,4,9-12H2,1-3H3. The van der Waals surface area contributed by atoms with Gasteiger partial charge in [0.25, 0.3) is 0 Å². The number of benzene rings is 1. The second-order valence-electron chi connectivity index (χ2n) is 6.75. The van der Waals surface area contributed by atoms with Gasteiger partial charge in [0, 0.05) is 11.5 Å². The molecule has 2 atom stereocenters. The van der Waals surface area contributed by atoms with Gasteiger partial charge in [0.2, 0.25) is 0 Å². The number of hydrogen-bond acceptors (Lipinski definition) is 1. The molecule has 1 heterocycles. The van der Waals surface area contributed by atoms with Crippen LogP contribution < -0.4 is 5.32 Å². The van der Waals surface area contributed by atoms with Crippen LogP contribution in [-0.4, -0.2) is 12.6 Å². The maximum atomic E-state index is 3.74. The lowest BCUT2D eigenvalue weighted by molar-refractivity contribution is 0.261. The lowest BCUT2D eigenvalue weighted by Crippen LogP contribution is -2.45. The Bertz CT molecular complexity index is 449. The van der Waals surface area contributed by atoms with Crippen molar-refractivity contribution in [3.63, 3.8) is 0 Å². The largest absolute Gasteiger partial charge is 0.313 e. The van der Waals surface area contributed by atoms with Gasteiger partial charge in [-0.15, -0.1) is 0 Å². The maximum Gasteiger partial charge on any atom is 0.0162 e. The first kappa shape index (κ1) is 12.2. The molecule has 1 aliphatic heterocycles. The van der Waals surface area contributed by atoms with Crippen LogP contribution in [0.5, 0.6) is 0 Å². The first-order valence-corrected chi connectivity index (χ1v) is 7.43. The SMILES string of the molecule is CCC1NCCC12CCC(C)(C)c1ccccc12. The van der Waals surface area contributed by atoms with E-state index in [1.54, 1.807) is 11.1 Å². The highest BCUT2D eigenvalue weighted by molar-refractivity contribution is 5.44. The Hall–Kier alpha value is -0.820. The molecule has 1 fully saturated rings. The molecule has 0 aromatic heterocycles. The Kier molecular flexibility index (Phi) is 2.78. The van der Waals surface area contributed by atoms with E-state index < -0.39 is 0 Å². The van der Waals surface area contributed by atoms with Crippen molar-refractivity contribution in [2.45, 2.75) is 63.3 Å². The van der Waals surface area contributed by atoms with Crippen molar-refractivity contribution < 1.29 is 0 Å². The average molecular weight is 243 g/mol. The van der Waals surface area contributed by atoms with Crippen molar-refractivity contribution >= 4 is 0 Å². The van der Waals surface area contributed by atoms with Crippen LogP contribution in [0.15, 0.2) is 24.3 Å². The van der Waals surface area contributed by atoms with Crippen LogP contribution in [0.25, 0.3) is 0 Å². The summed E-state index contributed by atoms with van der Waals surface area (Å²) in [5.41, 5.74) is 4.00. The molecule has 1 saturated heterocycles. The zero-order chi connectivity index (χ0) is 12.8. The third-order valence-electron chi connectivity index (χ3n) is 5.43. The van der Waals surface area contributed by atoms with Crippen molar-refractivity contribution in [1.29, 1.82) is 0 Å². The molecule has 1 N–H and O–H groups in total. The van der Waals surface area contributed by atoms with Crippen LogP contribution in [0.3, 0.4) is 0 Å². The number of hydrogen-bond donors (Lipinski definition) is 1. The van der Waals surface area contributed by atoms with E-state index in [9.17, 15) is 0 Å². The zero-order valence-corrected chi connectivity index (χ0v) is 11.9. The molecule has 1 aromatic carbocycles. The Morgan fingerprint density at radius 1 is 1.11 bits per heavy atom. The summed E-state index contributed by atoms with van der Waals surface area (Å²) >= 11 is 0. The first-order chi connectivity index (χ1) is 8.60. The van der Waals surface area contributed by atoms with Gasteiger partial charge in [0.05, 0.1) is 0 Å². The highest BCUT2D eigenvalue weighted by atomic mass is 15.0. The van der Waals surface area contributed by atoms with E-state index in [0.717, 1.165) is 0 Å². The van der Waals surface area contributed by atoms with Gasteiger partial charge in [-0.2, -0.15) is 0 Å². The molecule has 0 radical (unpaired) electrons. The summed E-state index contributed by atoms with van der Waals surface area (Å²) in [5.74, 6) is 0. The van der Waals surface area contributed by atoms with E-state index in [2.05, 4.69) is 50.4 Å². The number of rotatable bonds is 1. The summed E-state index contributed by atoms with van der Waals surface area (Å²) in [6, 6.07) is 9.87. The normalized spacial score (nSPS) is 33.6. The molecule has 2 aliphatic rings. The topological polar surface area (TPSA) is 12.0 Å². The average Bonchev–Trinajstić information content (AvgIpc) is 2.79. The molecule has 0 bridgehead atoms. The second-order valence-corrected chi connectivity index (χ2v) is 6.75. The van der Waals surface area contributed by atoms with Crippen molar-refractivity contribution in [1.82, 2.24) is 5.32 Å². The zero-order valence-electron chi connectivity index (χ0n) is 11.9. The van der Waals surface area contributed by atoms with E-state index >= 15 is 0 Å². The molecule has 3 rings (SSSR count). The van der Waals surface area contributed by atoms with Crippen molar-refractivity contribution in [2.24, 2.45) is 0 Å². The molecule has 0 amide bonds. The third-order valence-corrected chi connectivity index (χ3v) is 5.43. The molecular weight excluding hydrogens is 218 g/mol. The third kappa shape index (κ3) is 1.56. The summed E-state index contributed by atoms with van der Waals surface area (Å²) in [4.78, 5) is 0. The van der Waals surface area contributed by atoms with Crippen molar-refractivity contribution in [2.75, 3.05) is 6.54 Å². The van der Waals surface area contributed by atoms with Gasteiger partial charge in [0.15, 0.2) is 0 Å². The summed E-state index contributed by atoms with van der Waals surface area (Å²) in [5, 5.41) is 3.74. The van der Waals surface area contributed by atoms with Gasteiger partial charge in [0.1, 0.15) is 0 Å². The molecule has 1 aromatic rings. The van der Waals surface area contributed by atoms with Crippen LogP contribution in [0, 0.1) is 0 Å². The molecule has 1 nitrogen and oxygen atoms in total. The van der Waals surface area contributed by atoms with E-state index in [1.165, 1.54) is 32.2 Å². The lowest BCUT2D eigenvalue weighted by atomic mass is 9.58.